The number of hydrogen-bond donors (Lipinski definition) is 2. The molecule has 0 aliphatic carbocycles. The van der Waals surface area contributed by atoms with E-state index in [1.807, 2.05) is 27.0 Å². The third kappa shape index (κ3) is 6.43. The average Bonchev–Trinajstić information content (AvgIpc) is 3.22. The van der Waals surface area contributed by atoms with Crippen LogP contribution >= 0.6 is 11.3 Å². The number of ether oxygens (including phenoxy) is 1. The van der Waals surface area contributed by atoms with Crippen molar-refractivity contribution < 1.29 is 9.26 Å². The number of rotatable bonds is 9. The molecule has 2 aromatic rings. The van der Waals surface area contributed by atoms with Crippen LogP contribution in [0.15, 0.2) is 15.7 Å². The number of guanidine groups is 1. The first-order valence-electron chi connectivity index (χ1n) is 8.49. The van der Waals surface area contributed by atoms with Gasteiger partial charge in [-0.1, -0.05) is 5.16 Å². The van der Waals surface area contributed by atoms with Crippen molar-refractivity contribution >= 4 is 17.3 Å². The Labute approximate surface area is 152 Å². The van der Waals surface area contributed by atoms with Crippen LogP contribution in [0.4, 0.5) is 0 Å². The van der Waals surface area contributed by atoms with Crippen LogP contribution in [0, 0.1) is 6.92 Å². The highest BCUT2D eigenvalue weighted by molar-refractivity contribution is 7.11. The monoisotopic (exact) mass is 366 g/mol. The smallest absolute Gasteiger partial charge is 0.248 e. The predicted octanol–water partition coefficient (Wildman–Crippen LogP) is 2.23. The standard InChI is InChI=1S/C16H26N6O2S/c1-5-17-16(18-8-7-14-19-9-11(3)25-14)20-10-13-21-15(22-24-13)12(4)23-6-2/h9,12H,5-8,10H2,1-4H3,(H2,17,18,20). The van der Waals surface area contributed by atoms with Crippen LogP contribution in [-0.2, 0) is 17.7 Å². The van der Waals surface area contributed by atoms with Gasteiger partial charge in [-0.3, -0.25) is 0 Å². The van der Waals surface area contributed by atoms with Crippen molar-refractivity contribution in [3.63, 3.8) is 0 Å². The van der Waals surface area contributed by atoms with E-state index >= 15 is 0 Å². The molecular formula is C16H26N6O2S. The Morgan fingerprint density at radius 1 is 1.40 bits per heavy atom. The summed E-state index contributed by atoms with van der Waals surface area (Å²) in [5, 5.41) is 11.5. The molecule has 138 valence electrons. The van der Waals surface area contributed by atoms with Gasteiger partial charge in [-0.05, 0) is 27.7 Å². The fraction of sp³-hybridized carbons (Fsp3) is 0.625. The zero-order chi connectivity index (χ0) is 18.1. The molecule has 9 heteroatoms. The lowest BCUT2D eigenvalue weighted by atomic mass is 10.4. The van der Waals surface area contributed by atoms with Gasteiger partial charge < -0.3 is 19.9 Å². The zero-order valence-electron chi connectivity index (χ0n) is 15.2. The first kappa shape index (κ1) is 19.3. The van der Waals surface area contributed by atoms with Gasteiger partial charge in [-0.25, -0.2) is 9.98 Å². The molecule has 0 fully saturated rings. The Kier molecular flexibility index (Phi) is 7.80. The SMILES string of the molecule is CCNC(=NCc1nc(C(C)OCC)no1)NCCc1ncc(C)s1. The van der Waals surface area contributed by atoms with E-state index in [0.717, 1.165) is 24.5 Å². The number of hydrogen-bond acceptors (Lipinski definition) is 7. The van der Waals surface area contributed by atoms with Gasteiger partial charge in [0.25, 0.3) is 0 Å². The lowest BCUT2D eigenvalue weighted by Gasteiger charge is -2.09. The molecule has 0 amide bonds. The topological polar surface area (TPSA) is 97.5 Å². The minimum Gasteiger partial charge on any atom is -0.371 e. The van der Waals surface area contributed by atoms with Crippen molar-refractivity contribution in [2.45, 2.75) is 46.8 Å². The molecule has 2 N–H and O–H groups in total. The van der Waals surface area contributed by atoms with Gasteiger partial charge >= 0.3 is 0 Å². The summed E-state index contributed by atoms with van der Waals surface area (Å²) in [6, 6.07) is 0. The second kappa shape index (κ2) is 10.1. The van der Waals surface area contributed by atoms with E-state index in [2.05, 4.69) is 37.7 Å². The molecule has 2 rings (SSSR count). The highest BCUT2D eigenvalue weighted by atomic mass is 32.1. The van der Waals surface area contributed by atoms with E-state index in [1.165, 1.54) is 4.88 Å². The third-order valence-electron chi connectivity index (χ3n) is 3.28. The van der Waals surface area contributed by atoms with E-state index in [0.29, 0.717) is 30.8 Å². The van der Waals surface area contributed by atoms with Crippen LogP contribution < -0.4 is 10.6 Å². The van der Waals surface area contributed by atoms with Crippen LogP contribution in [0.1, 0.15) is 48.5 Å². The second-order valence-electron chi connectivity index (χ2n) is 5.38. The van der Waals surface area contributed by atoms with Crippen LogP contribution in [0.5, 0.6) is 0 Å². The molecule has 0 radical (unpaired) electrons. The molecular weight excluding hydrogens is 340 g/mol. The summed E-state index contributed by atoms with van der Waals surface area (Å²) in [5.74, 6) is 1.73. The van der Waals surface area contributed by atoms with Crippen molar-refractivity contribution in [1.29, 1.82) is 0 Å². The molecule has 25 heavy (non-hydrogen) atoms. The van der Waals surface area contributed by atoms with Crippen LogP contribution in [0.3, 0.4) is 0 Å². The van der Waals surface area contributed by atoms with E-state index in [9.17, 15) is 0 Å². The van der Waals surface area contributed by atoms with Crippen molar-refractivity contribution in [2.24, 2.45) is 4.99 Å². The summed E-state index contributed by atoms with van der Waals surface area (Å²) in [7, 11) is 0. The summed E-state index contributed by atoms with van der Waals surface area (Å²) in [4.78, 5) is 14.4. The van der Waals surface area contributed by atoms with Crippen molar-refractivity contribution in [3.05, 3.63) is 27.8 Å². The van der Waals surface area contributed by atoms with Crippen molar-refractivity contribution in [3.8, 4) is 0 Å². The quantitative estimate of drug-likeness (QED) is 0.519. The van der Waals surface area contributed by atoms with Crippen molar-refractivity contribution in [1.82, 2.24) is 25.8 Å². The Hall–Kier alpha value is -2.00. The molecule has 0 saturated heterocycles. The first-order chi connectivity index (χ1) is 12.1. The molecule has 1 unspecified atom stereocenters. The Morgan fingerprint density at radius 3 is 2.92 bits per heavy atom. The Bertz CT molecular complexity index is 669. The molecule has 2 aromatic heterocycles. The molecule has 0 aliphatic rings. The van der Waals surface area contributed by atoms with Gasteiger partial charge in [0.05, 0.1) is 5.01 Å². The van der Waals surface area contributed by atoms with Gasteiger partial charge in [0.2, 0.25) is 5.89 Å². The highest BCUT2D eigenvalue weighted by Crippen LogP contribution is 2.13. The van der Waals surface area contributed by atoms with Gasteiger partial charge in [-0.15, -0.1) is 11.3 Å². The summed E-state index contributed by atoms with van der Waals surface area (Å²) >= 11 is 1.72. The number of aromatic nitrogens is 3. The van der Waals surface area contributed by atoms with E-state index in [4.69, 9.17) is 9.26 Å². The maximum atomic E-state index is 5.45. The molecule has 2 heterocycles. The minimum atomic E-state index is -0.181. The van der Waals surface area contributed by atoms with Crippen LogP contribution in [-0.4, -0.2) is 40.8 Å². The van der Waals surface area contributed by atoms with Gasteiger partial charge in [0.1, 0.15) is 12.6 Å². The number of thiazole rings is 1. The Balaban J connectivity index is 1.86. The van der Waals surface area contributed by atoms with Crippen LogP contribution in [0.2, 0.25) is 0 Å². The number of aliphatic imine (C=N–C) groups is 1. The lowest BCUT2D eigenvalue weighted by molar-refractivity contribution is 0.0683. The normalized spacial score (nSPS) is 13.0. The van der Waals surface area contributed by atoms with E-state index in [-0.39, 0.29) is 6.10 Å². The highest BCUT2D eigenvalue weighted by Gasteiger charge is 2.13. The second-order valence-corrected chi connectivity index (χ2v) is 6.70. The zero-order valence-corrected chi connectivity index (χ0v) is 16.0. The number of nitrogens with zero attached hydrogens (tertiary/aromatic N) is 4. The van der Waals surface area contributed by atoms with Crippen LogP contribution in [0.25, 0.3) is 0 Å². The fourth-order valence-corrected chi connectivity index (χ4v) is 2.90. The maximum absolute atomic E-state index is 5.45. The molecule has 1 atom stereocenters. The average molecular weight is 366 g/mol. The molecule has 0 bridgehead atoms. The summed E-state index contributed by atoms with van der Waals surface area (Å²) in [6.45, 7) is 10.4. The predicted molar refractivity (Wildman–Crippen MR) is 97.7 cm³/mol. The van der Waals surface area contributed by atoms with E-state index in [1.54, 1.807) is 11.3 Å². The van der Waals surface area contributed by atoms with Gasteiger partial charge in [-0.2, -0.15) is 4.98 Å². The summed E-state index contributed by atoms with van der Waals surface area (Å²) in [5.41, 5.74) is 0. The molecule has 0 spiro atoms. The first-order valence-corrected chi connectivity index (χ1v) is 9.31. The summed E-state index contributed by atoms with van der Waals surface area (Å²) in [6.07, 6.45) is 2.58. The molecule has 0 aromatic carbocycles. The maximum Gasteiger partial charge on any atom is 0.248 e. The molecule has 8 nitrogen and oxygen atoms in total. The summed E-state index contributed by atoms with van der Waals surface area (Å²) < 4.78 is 10.7. The number of nitrogens with one attached hydrogen (secondary N) is 2. The lowest BCUT2D eigenvalue weighted by Crippen LogP contribution is -2.38. The fourth-order valence-electron chi connectivity index (χ4n) is 2.12. The van der Waals surface area contributed by atoms with Gasteiger partial charge in [0, 0.05) is 37.2 Å². The van der Waals surface area contributed by atoms with Crippen molar-refractivity contribution in [2.75, 3.05) is 19.7 Å². The molecule has 0 saturated carbocycles. The van der Waals surface area contributed by atoms with Gasteiger partial charge in [0.15, 0.2) is 11.8 Å². The largest absolute Gasteiger partial charge is 0.371 e. The molecule has 0 aliphatic heterocycles. The van der Waals surface area contributed by atoms with E-state index < -0.39 is 0 Å². The minimum absolute atomic E-state index is 0.181. The third-order valence-corrected chi connectivity index (χ3v) is 4.25. The Morgan fingerprint density at radius 2 is 2.24 bits per heavy atom. The number of aryl methyl sites for hydroxylation is 1.